The highest BCUT2D eigenvalue weighted by atomic mass is 32.2. The highest BCUT2D eigenvalue weighted by molar-refractivity contribution is 7.92. The molecule has 0 amide bonds. The molecule has 0 radical (unpaired) electrons. The molecule has 1 atom stereocenters. The Balaban J connectivity index is 2.04. The molecule has 0 spiro atoms. The summed E-state index contributed by atoms with van der Waals surface area (Å²) in [5.74, 6) is 5.64. The van der Waals surface area contributed by atoms with Crippen LogP contribution in [0.3, 0.4) is 0 Å². The van der Waals surface area contributed by atoms with E-state index in [1.165, 1.54) is 0 Å². The van der Waals surface area contributed by atoms with Gasteiger partial charge in [0.15, 0.2) is 0 Å². The lowest BCUT2D eigenvalue weighted by Gasteiger charge is -2.11. The average Bonchev–Trinajstić information content (AvgIpc) is 2.88. The van der Waals surface area contributed by atoms with Gasteiger partial charge in [0.1, 0.15) is 11.5 Å². The Labute approximate surface area is 118 Å². The maximum Gasteiger partial charge on any atom is 0.236 e. The molecular weight excluding hydrogens is 278 g/mol. The normalized spacial score (nSPS) is 18.4. The number of hydrogen-bond acceptors (Lipinski definition) is 5. The Morgan fingerprint density at radius 1 is 1.50 bits per heavy atom. The summed E-state index contributed by atoms with van der Waals surface area (Å²) >= 11 is 0. The van der Waals surface area contributed by atoms with Crippen molar-refractivity contribution in [2.75, 3.05) is 23.6 Å². The van der Waals surface area contributed by atoms with Crippen molar-refractivity contribution in [3.8, 4) is 11.8 Å². The van der Waals surface area contributed by atoms with Gasteiger partial charge in [0.2, 0.25) is 10.0 Å². The number of pyridine rings is 1. The largest absolute Gasteiger partial charge is 0.377 e. The second-order valence-corrected chi connectivity index (χ2v) is 6.20. The van der Waals surface area contributed by atoms with E-state index in [-0.39, 0.29) is 24.2 Å². The van der Waals surface area contributed by atoms with Crippen LogP contribution >= 0.6 is 0 Å². The molecule has 1 unspecified atom stereocenters. The third kappa shape index (κ3) is 4.49. The lowest BCUT2D eigenvalue weighted by Crippen LogP contribution is -2.26. The highest BCUT2D eigenvalue weighted by Crippen LogP contribution is 2.15. The SMILES string of the molecule is NCC#Cc1cccc(NS(=O)(=O)CC2CCCO2)n1. The summed E-state index contributed by atoms with van der Waals surface area (Å²) in [4.78, 5) is 4.11. The number of nitrogens with one attached hydrogen (secondary N) is 1. The molecule has 2 heterocycles. The number of nitrogens with zero attached hydrogens (tertiary/aromatic N) is 1. The van der Waals surface area contributed by atoms with E-state index in [1.807, 2.05) is 0 Å². The number of hydrogen-bond donors (Lipinski definition) is 2. The summed E-state index contributed by atoms with van der Waals surface area (Å²) in [5, 5.41) is 0. The van der Waals surface area contributed by atoms with E-state index in [0.29, 0.717) is 12.3 Å². The van der Waals surface area contributed by atoms with Gasteiger partial charge in [-0.1, -0.05) is 12.0 Å². The molecule has 6 nitrogen and oxygen atoms in total. The Morgan fingerprint density at radius 2 is 2.35 bits per heavy atom. The van der Waals surface area contributed by atoms with Crippen LogP contribution in [-0.2, 0) is 14.8 Å². The molecule has 1 fully saturated rings. The van der Waals surface area contributed by atoms with Gasteiger partial charge in [0, 0.05) is 6.61 Å². The summed E-state index contributed by atoms with van der Waals surface area (Å²) in [6.07, 6.45) is 1.45. The number of sulfonamides is 1. The van der Waals surface area contributed by atoms with Crippen LogP contribution in [0.25, 0.3) is 0 Å². The fraction of sp³-hybridized carbons (Fsp3) is 0.462. The van der Waals surface area contributed by atoms with Gasteiger partial charge in [-0.15, -0.1) is 0 Å². The first-order valence-electron chi connectivity index (χ1n) is 6.37. The van der Waals surface area contributed by atoms with Crippen molar-refractivity contribution >= 4 is 15.8 Å². The van der Waals surface area contributed by atoms with Crippen LogP contribution in [0.2, 0.25) is 0 Å². The number of anilines is 1. The maximum atomic E-state index is 12.0. The van der Waals surface area contributed by atoms with Gasteiger partial charge in [-0.25, -0.2) is 13.4 Å². The lowest BCUT2D eigenvalue weighted by molar-refractivity contribution is 0.127. The molecule has 0 saturated carbocycles. The van der Waals surface area contributed by atoms with E-state index in [2.05, 4.69) is 21.5 Å². The molecule has 7 heteroatoms. The first-order valence-corrected chi connectivity index (χ1v) is 8.02. The van der Waals surface area contributed by atoms with E-state index in [1.54, 1.807) is 18.2 Å². The molecular formula is C13H17N3O3S. The van der Waals surface area contributed by atoms with Crippen molar-refractivity contribution in [1.29, 1.82) is 0 Å². The van der Waals surface area contributed by atoms with E-state index in [4.69, 9.17) is 10.5 Å². The van der Waals surface area contributed by atoms with Crippen LogP contribution in [0.4, 0.5) is 5.82 Å². The summed E-state index contributed by atoms with van der Waals surface area (Å²) < 4.78 is 31.8. The van der Waals surface area contributed by atoms with E-state index in [9.17, 15) is 8.42 Å². The Hall–Kier alpha value is -1.62. The van der Waals surface area contributed by atoms with Crippen LogP contribution in [0.5, 0.6) is 0 Å². The predicted molar refractivity (Wildman–Crippen MR) is 76.6 cm³/mol. The zero-order valence-electron chi connectivity index (χ0n) is 11.0. The molecule has 1 aliphatic heterocycles. The Bertz CT molecular complexity index is 613. The second kappa shape index (κ2) is 6.70. The molecule has 0 aliphatic carbocycles. The van der Waals surface area contributed by atoms with Gasteiger partial charge in [-0.2, -0.15) is 0 Å². The van der Waals surface area contributed by atoms with Crippen molar-refractivity contribution in [2.45, 2.75) is 18.9 Å². The number of aromatic nitrogens is 1. The third-order valence-corrected chi connectivity index (χ3v) is 4.09. The van der Waals surface area contributed by atoms with Gasteiger partial charge in [0.05, 0.1) is 18.4 Å². The fourth-order valence-electron chi connectivity index (χ4n) is 1.92. The minimum Gasteiger partial charge on any atom is -0.377 e. The van der Waals surface area contributed by atoms with Gasteiger partial charge >= 0.3 is 0 Å². The van der Waals surface area contributed by atoms with Crippen molar-refractivity contribution in [3.05, 3.63) is 23.9 Å². The van der Waals surface area contributed by atoms with Gasteiger partial charge in [-0.05, 0) is 30.9 Å². The predicted octanol–water partition coefficient (Wildman–Crippen LogP) is 0.312. The summed E-state index contributed by atoms with van der Waals surface area (Å²) in [6.45, 7) is 0.860. The Morgan fingerprint density at radius 3 is 3.05 bits per heavy atom. The first-order chi connectivity index (χ1) is 9.59. The van der Waals surface area contributed by atoms with Crippen molar-refractivity contribution in [1.82, 2.24) is 4.98 Å². The maximum absolute atomic E-state index is 12.0. The van der Waals surface area contributed by atoms with Crippen LogP contribution in [-0.4, -0.2) is 38.4 Å². The van der Waals surface area contributed by atoms with Crippen molar-refractivity contribution in [2.24, 2.45) is 5.73 Å². The summed E-state index contributed by atoms with van der Waals surface area (Å²) in [5.41, 5.74) is 5.76. The van der Waals surface area contributed by atoms with Crippen molar-refractivity contribution in [3.63, 3.8) is 0 Å². The molecule has 2 rings (SSSR count). The zero-order chi connectivity index (χ0) is 14.4. The minimum atomic E-state index is -3.47. The smallest absolute Gasteiger partial charge is 0.236 e. The zero-order valence-corrected chi connectivity index (χ0v) is 11.8. The molecule has 1 aromatic rings. The van der Waals surface area contributed by atoms with Crippen LogP contribution in [0.1, 0.15) is 18.5 Å². The van der Waals surface area contributed by atoms with Gasteiger partial charge < -0.3 is 10.5 Å². The van der Waals surface area contributed by atoms with Gasteiger partial charge in [0.25, 0.3) is 0 Å². The van der Waals surface area contributed by atoms with Gasteiger partial charge in [-0.3, -0.25) is 4.72 Å². The number of ether oxygens (including phenoxy) is 1. The number of rotatable bonds is 4. The second-order valence-electron chi connectivity index (χ2n) is 4.43. The third-order valence-electron chi connectivity index (χ3n) is 2.76. The van der Waals surface area contributed by atoms with E-state index in [0.717, 1.165) is 12.8 Å². The molecule has 1 saturated heterocycles. The fourth-order valence-corrected chi connectivity index (χ4v) is 3.19. The van der Waals surface area contributed by atoms with Crippen LogP contribution in [0.15, 0.2) is 18.2 Å². The van der Waals surface area contributed by atoms with E-state index >= 15 is 0 Å². The molecule has 1 aromatic heterocycles. The lowest BCUT2D eigenvalue weighted by atomic mass is 10.3. The highest BCUT2D eigenvalue weighted by Gasteiger charge is 2.23. The molecule has 108 valence electrons. The van der Waals surface area contributed by atoms with Crippen LogP contribution in [0, 0.1) is 11.8 Å². The van der Waals surface area contributed by atoms with Crippen LogP contribution < -0.4 is 10.5 Å². The van der Waals surface area contributed by atoms with E-state index < -0.39 is 10.0 Å². The first kappa shape index (κ1) is 14.8. The standard InChI is InChI=1S/C13H17N3O3S/c14-8-2-5-11-4-1-7-13(15-11)16-20(17,18)10-12-6-3-9-19-12/h1,4,7,12H,3,6,8-10,14H2,(H,15,16). The summed E-state index contributed by atoms with van der Waals surface area (Å²) in [6, 6.07) is 4.97. The molecule has 0 aromatic carbocycles. The average molecular weight is 295 g/mol. The topological polar surface area (TPSA) is 94.3 Å². The molecule has 20 heavy (non-hydrogen) atoms. The minimum absolute atomic E-state index is 0.0482. The quantitative estimate of drug-likeness (QED) is 0.780. The monoisotopic (exact) mass is 295 g/mol. The molecule has 0 bridgehead atoms. The molecule has 1 aliphatic rings. The molecule has 3 N–H and O–H groups in total. The Kier molecular flexibility index (Phi) is 4.95. The number of nitrogens with two attached hydrogens (primary N) is 1. The van der Waals surface area contributed by atoms with Crippen molar-refractivity contribution < 1.29 is 13.2 Å². The summed E-state index contributed by atoms with van der Waals surface area (Å²) in [7, 11) is -3.47.